The fourth-order valence-electron chi connectivity index (χ4n) is 1.14. The van der Waals surface area contributed by atoms with Crippen molar-refractivity contribution in [3.05, 3.63) is 12.4 Å². The zero-order valence-corrected chi connectivity index (χ0v) is 10.5. The van der Waals surface area contributed by atoms with E-state index in [1.807, 2.05) is 31.5 Å². The summed E-state index contributed by atoms with van der Waals surface area (Å²) in [7, 11) is 0. The number of nitrogens with zero attached hydrogens (tertiary/aromatic N) is 2. The van der Waals surface area contributed by atoms with Crippen molar-refractivity contribution in [2.45, 2.75) is 47.1 Å². The third-order valence-corrected chi connectivity index (χ3v) is 2.23. The number of aromatic nitrogens is 2. The predicted molar refractivity (Wildman–Crippen MR) is 62.2 cm³/mol. The van der Waals surface area contributed by atoms with Gasteiger partial charge in [0, 0.05) is 18.9 Å². The van der Waals surface area contributed by atoms with Crippen LogP contribution in [0.15, 0.2) is 12.4 Å². The zero-order valence-electron chi connectivity index (χ0n) is 10.5. The molecule has 0 bridgehead atoms. The first kappa shape index (κ1) is 12.7. The Labute approximate surface area is 96.6 Å². The van der Waals surface area contributed by atoms with Gasteiger partial charge >= 0.3 is 12.0 Å². The maximum atomic E-state index is 11.7. The number of esters is 1. The lowest BCUT2D eigenvalue weighted by Crippen LogP contribution is -2.26. The van der Waals surface area contributed by atoms with E-state index in [1.54, 1.807) is 6.20 Å². The minimum atomic E-state index is -0.498. The topological polar surface area (TPSA) is 44.1 Å². The molecule has 4 nitrogen and oxygen atoms in total. The third-order valence-electron chi connectivity index (χ3n) is 2.23. The molecule has 0 aromatic carbocycles. The van der Waals surface area contributed by atoms with Crippen LogP contribution in [0.1, 0.15) is 40.5 Å². The van der Waals surface area contributed by atoms with E-state index in [-0.39, 0.29) is 5.97 Å². The molecule has 0 aliphatic carbocycles. The second-order valence-electron chi connectivity index (χ2n) is 4.90. The van der Waals surface area contributed by atoms with E-state index in [1.165, 1.54) is 0 Å². The molecule has 0 spiro atoms. The number of imidazole rings is 1. The van der Waals surface area contributed by atoms with E-state index in [0.717, 1.165) is 19.4 Å². The molecule has 0 fully saturated rings. The van der Waals surface area contributed by atoms with Gasteiger partial charge in [-0.25, -0.2) is 4.98 Å². The fourth-order valence-corrected chi connectivity index (χ4v) is 1.14. The van der Waals surface area contributed by atoms with Crippen LogP contribution in [-0.2, 0) is 11.3 Å². The largest absolute Gasteiger partial charge is 0.392 e. The molecule has 4 heteroatoms. The molecule has 0 N–H and O–H groups in total. The summed E-state index contributed by atoms with van der Waals surface area (Å²) in [6, 6.07) is 0.397. The molecule has 0 aliphatic heterocycles. The van der Waals surface area contributed by atoms with E-state index in [0.29, 0.717) is 6.01 Å². The Morgan fingerprint density at radius 1 is 1.50 bits per heavy atom. The highest BCUT2D eigenvalue weighted by molar-refractivity contribution is 5.77. The summed E-state index contributed by atoms with van der Waals surface area (Å²) < 4.78 is 7.13. The summed E-state index contributed by atoms with van der Waals surface area (Å²) in [6.45, 7) is 8.44. The molecule has 1 rings (SSSR count). The third kappa shape index (κ3) is 3.36. The quantitative estimate of drug-likeness (QED) is 0.738. The SMILES string of the molecule is CCCCn1ccnc1OC(=O)C(C)(C)C. The number of ether oxygens (including phenoxy) is 1. The molecule has 1 aromatic rings. The van der Waals surface area contributed by atoms with Crippen molar-refractivity contribution in [1.82, 2.24) is 9.55 Å². The van der Waals surface area contributed by atoms with Crippen molar-refractivity contribution >= 4 is 5.97 Å². The summed E-state index contributed by atoms with van der Waals surface area (Å²) in [6.07, 6.45) is 5.64. The Bertz CT molecular complexity index is 350. The average molecular weight is 224 g/mol. The van der Waals surface area contributed by atoms with Crippen molar-refractivity contribution in [1.29, 1.82) is 0 Å². The summed E-state index contributed by atoms with van der Waals surface area (Å²) in [5.74, 6) is -0.253. The van der Waals surface area contributed by atoms with Gasteiger partial charge in [-0.3, -0.25) is 4.79 Å². The minimum absolute atomic E-state index is 0.253. The van der Waals surface area contributed by atoms with E-state index in [9.17, 15) is 4.79 Å². The van der Waals surface area contributed by atoms with Crippen molar-refractivity contribution in [2.24, 2.45) is 5.41 Å². The Morgan fingerprint density at radius 2 is 2.19 bits per heavy atom. The molecule has 90 valence electrons. The molecule has 1 heterocycles. The second kappa shape index (κ2) is 5.14. The van der Waals surface area contributed by atoms with Crippen LogP contribution in [0.4, 0.5) is 0 Å². The summed E-state index contributed by atoms with van der Waals surface area (Å²) in [5, 5.41) is 0. The van der Waals surface area contributed by atoms with Crippen molar-refractivity contribution in [3.63, 3.8) is 0 Å². The Morgan fingerprint density at radius 3 is 2.75 bits per heavy atom. The summed E-state index contributed by atoms with van der Waals surface area (Å²) in [4.78, 5) is 15.7. The summed E-state index contributed by atoms with van der Waals surface area (Å²) in [5.41, 5.74) is -0.498. The van der Waals surface area contributed by atoms with Gasteiger partial charge < -0.3 is 9.30 Å². The standard InChI is InChI=1S/C12H20N2O2/c1-5-6-8-14-9-7-13-11(14)16-10(15)12(2,3)4/h7,9H,5-6,8H2,1-4H3. The summed E-state index contributed by atoms with van der Waals surface area (Å²) >= 11 is 0. The highest BCUT2D eigenvalue weighted by Crippen LogP contribution is 2.18. The van der Waals surface area contributed by atoms with Crippen LogP contribution in [0.3, 0.4) is 0 Å². The molecular weight excluding hydrogens is 204 g/mol. The van der Waals surface area contributed by atoms with Crippen LogP contribution in [0.25, 0.3) is 0 Å². The zero-order chi connectivity index (χ0) is 12.2. The van der Waals surface area contributed by atoms with Gasteiger partial charge in [0.15, 0.2) is 0 Å². The number of carbonyl (C=O) groups excluding carboxylic acids is 1. The smallest absolute Gasteiger partial charge is 0.319 e. The van der Waals surface area contributed by atoms with E-state index < -0.39 is 5.41 Å². The van der Waals surface area contributed by atoms with Crippen LogP contribution >= 0.6 is 0 Å². The van der Waals surface area contributed by atoms with Crippen molar-refractivity contribution in [3.8, 4) is 6.01 Å². The molecule has 0 saturated carbocycles. The number of rotatable bonds is 4. The molecule has 0 atom stereocenters. The van der Waals surface area contributed by atoms with Gasteiger partial charge in [-0.05, 0) is 27.2 Å². The average Bonchev–Trinajstić information content (AvgIpc) is 2.61. The second-order valence-corrected chi connectivity index (χ2v) is 4.90. The number of carbonyl (C=O) groups is 1. The predicted octanol–water partition coefficient (Wildman–Crippen LogP) is 2.63. The first-order valence-corrected chi connectivity index (χ1v) is 5.68. The van der Waals surface area contributed by atoms with E-state index in [2.05, 4.69) is 11.9 Å². The van der Waals surface area contributed by atoms with Gasteiger partial charge in [-0.2, -0.15) is 0 Å². The Hall–Kier alpha value is -1.32. The molecule has 0 aliphatic rings. The molecule has 0 unspecified atom stereocenters. The molecule has 0 saturated heterocycles. The monoisotopic (exact) mass is 224 g/mol. The van der Waals surface area contributed by atoms with Crippen molar-refractivity contribution in [2.75, 3.05) is 0 Å². The Balaban J connectivity index is 2.67. The van der Waals surface area contributed by atoms with Gasteiger partial charge in [-0.1, -0.05) is 13.3 Å². The number of hydrogen-bond acceptors (Lipinski definition) is 3. The first-order valence-electron chi connectivity index (χ1n) is 5.68. The lowest BCUT2D eigenvalue weighted by molar-refractivity contribution is -0.143. The lowest BCUT2D eigenvalue weighted by atomic mass is 9.98. The van der Waals surface area contributed by atoms with Gasteiger partial charge in [0.05, 0.1) is 5.41 Å². The fraction of sp³-hybridized carbons (Fsp3) is 0.667. The number of unbranched alkanes of at least 4 members (excludes halogenated alkanes) is 1. The van der Waals surface area contributed by atoms with E-state index >= 15 is 0 Å². The molecule has 16 heavy (non-hydrogen) atoms. The van der Waals surface area contributed by atoms with Crippen LogP contribution in [-0.4, -0.2) is 15.5 Å². The maximum absolute atomic E-state index is 11.7. The van der Waals surface area contributed by atoms with Gasteiger partial charge in [0.2, 0.25) is 0 Å². The van der Waals surface area contributed by atoms with Gasteiger partial charge in [0.25, 0.3) is 0 Å². The molecule has 1 aromatic heterocycles. The highest BCUT2D eigenvalue weighted by Gasteiger charge is 2.25. The highest BCUT2D eigenvalue weighted by atomic mass is 16.6. The molecule has 0 amide bonds. The normalized spacial score (nSPS) is 11.5. The van der Waals surface area contributed by atoms with Crippen molar-refractivity contribution < 1.29 is 9.53 Å². The van der Waals surface area contributed by atoms with Crippen LogP contribution in [0, 0.1) is 5.41 Å². The number of aryl methyl sites for hydroxylation is 1. The Kier molecular flexibility index (Phi) is 4.10. The number of hydrogen-bond donors (Lipinski definition) is 0. The minimum Gasteiger partial charge on any atom is -0.392 e. The first-order chi connectivity index (χ1) is 7.45. The van der Waals surface area contributed by atoms with E-state index in [4.69, 9.17) is 4.74 Å². The molecule has 0 radical (unpaired) electrons. The molecular formula is C12H20N2O2. The van der Waals surface area contributed by atoms with Gasteiger partial charge in [0.1, 0.15) is 0 Å². The lowest BCUT2D eigenvalue weighted by Gasteiger charge is -2.16. The van der Waals surface area contributed by atoms with Gasteiger partial charge in [-0.15, -0.1) is 0 Å². The maximum Gasteiger partial charge on any atom is 0.319 e. The van der Waals surface area contributed by atoms with Crippen LogP contribution < -0.4 is 4.74 Å². The van der Waals surface area contributed by atoms with Crippen LogP contribution in [0.5, 0.6) is 6.01 Å². The van der Waals surface area contributed by atoms with Crippen LogP contribution in [0.2, 0.25) is 0 Å².